The number of halogens is 2. The number of anilines is 2. The summed E-state index contributed by atoms with van der Waals surface area (Å²) in [5, 5.41) is 6.73. The number of aromatic amines is 1. The first kappa shape index (κ1) is 16.3. The number of benzene rings is 1. The lowest BCUT2D eigenvalue weighted by molar-refractivity contribution is 0.601. The Morgan fingerprint density at radius 1 is 1.33 bits per heavy atom. The zero-order valence-electron chi connectivity index (χ0n) is 11.2. The van der Waals surface area contributed by atoms with Crippen molar-refractivity contribution < 1.29 is 8.42 Å². The highest BCUT2D eigenvalue weighted by Gasteiger charge is 2.22. The Morgan fingerprint density at radius 2 is 2.05 bits per heavy atom. The molecule has 2 aromatic rings. The molecule has 0 saturated carbocycles. The molecule has 0 amide bonds. The van der Waals surface area contributed by atoms with Crippen molar-refractivity contribution in [2.45, 2.75) is 24.7 Å². The van der Waals surface area contributed by atoms with Crippen molar-refractivity contribution in [2.24, 2.45) is 0 Å². The SMILES string of the molecule is CCCc1cc(NS(=O)(=O)c2c(N)cc(Br)cc2Br)n[nH]1. The number of nitrogens with zero attached hydrogens (tertiary/aromatic N) is 1. The van der Waals surface area contributed by atoms with Gasteiger partial charge in [0, 0.05) is 20.7 Å². The van der Waals surface area contributed by atoms with Crippen molar-refractivity contribution in [1.29, 1.82) is 0 Å². The Hall–Kier alpha value is -1.06. The van der Waals surface area contributed by atoms with Crippen LogP contribution in [0.2, 0.25) is 0 Å². The fraction of sp³-hybridized carbons (Fsp3) is 0.250. The smallest absolute Gasteiger partial charge is 0.266 e. The molecular weight excluding hydrogens is 424 g/mol. The summed E-state index contributed by atoms with van der Waals surface area (Å²) in [6.07, 6.45) is 1.75. The number of aromatic nitrogens is 2. The predicted octanol–water partition coefficient (Wildman–Crippen LogP) is 3.27. The molecule has 0 aliphatic rings. The molecule has 0 atom stereocenters. The lowest BCUT2D eigenvalue weighted by atomic mass is 10.2. The first-order valence-electron chi connectivity index (χ1n) is 6.15. The third-order valence-electron chi connectivity index (χ3n) is 2.70. The van der Waals surface area contributed by atoms with Gasteiger partial charge in [0.05, 0.1) is 5.69 Å². The third kappa shape index (κ3) is 3.78. The fourth-order valence-electron chi connectivity index (χ4n) is 1.86. The highest BCUT2D eigenvalue weighted by atomic mass is 79.9. The Morgan fingerprint density at radius 3 is 2.67 bits per heavy atom. The number of aryl methyl sites for hydroxylation is 1. The number of nitrogens with one attached hydrogen (secondary N) is 2. The van der Waals surface area contributed by atoms with E-state index in [2.05, 4.69) is 46.8 Å². The van der Waals surface area contributed by atoms with Gasteiger partial charge >= 0.3 is 0 Å². The Labute approximate surface area is 139 Å². The second-order valence-electron chi connectivity index (χ2n) is 4.44. The van der Waals surface area contributed by atoms with E-state index in [1.54, 1.807) is 12.1 Å². The number of rotatable bonds is 5. The summed E-state index contributed by atoms with van der Waals surface area (Å²) in [6.45, 7) is 2.03. The van der Waals surface area contributed by atoms with Gasteiger partial charge in [0.15, 0.2) is 5.82 Å². The van der Waals surface area contributed by atoms with E-state index in [0.717, 1.165) is 18.5 Å². The van der Waals surface area contributed by atoms with Crippen LogP contribution in [-0.4, -0.2) is 18.6 Å². The van der Waals surface area contributed by atoms with E-state index in [4.69, 9.17) is 5.73 Å². The number of hydrogen-bond donors (Lipinski definition) is 3. The number of H-pyrrole nitrogens is 1. The predicted molar refractivity (Wildman–Crippen MR) is 89.6 cm³/mol. The van der Waals surface area contributed by atoms with Gasteiger partial charge in [0.2, 0.25) is 0 Å². The third-order valence-corrected chi connectivity index (χ3v) is 5.51. The molecule has 9 heteroatoms. The normalized spacial score (nSPS) is 11.6. The van der Waals surface area contributed by atoms with Crippen LogP contribution in [0.15, 0.2) is 32.0 Å². The van der Waals surface area contributed by atoms with Crippen molar-refractivity contribution in [1.82, 2.24) is 10.2 Å². The number of hydrogen-bond acceptors (Lipinski definition) is 4. The zero-order chi connectivity index (χ0) is 15.6. The van der Waals surface area contributed by atoms with Gasteiger partial charge in [-0.15, -0.1) is 0 Å². The van der Waals surface area contributed by atoms with Gasteiger partial charge in [-0.1, -0.05) is 29.3 Å². The Kier molecular flexibility index (Phi) is 4.95. The van der Waals surface area contributed by atoms with Gasteiger partial charge in [-0.2, -0.15) is 5.10 Å². The van der Waals surface area contributed by atoms with Gasteiger partial charge in [0.25, 0.3) is 10.0 Å². The van der Waals surface area contributed by atoms with E-state index in [9.17, 15) is 8.42 Å². The maximum Gasteiger partial charge on any atom is 0.266 e. The molecule has 1 aromatic carbocycles. The minimum absolute atomic E-state index is 0.00857. The van der Waals surface area contributed by atoms with Crippen LogP contribution in [0, 0.1) is 0 Å². The summed E-state index contributed by atoms with van der Waals surface area (Å²) in [5.41, 5.74) is 6.83. The van der Waals surface area contributed by atoms with Crippen molar-refractivity contribution in [3.63, 3.8) is 0 Å². The summed E-state index contributed by atoms with van der Waals surface area (Å²) < 4.78 is 28.4. The van der Waals surface area contributed by atoms with Crippen molar-refractivity contribution >= 4 is 53.4 Å². The van der Waals surface area contributed by atoms with Crippen molar-refractivity contribution in [3.8, 4) is 0 Å². The van der Waals surface area contributed by atoms with E-state index < -0.39 is 10.0 Å². The van der Waals surface area contributed by atoms with Crippen LogP contribution < -0.4 is 10.5 Å². The van der Waals surface area contributed by atoms with Crippen LogP contribution in [0.3, 0.4) is 0 Å². The zero-order valence-corrected chi connectivity index (χ0v) is 15.1. The molecule has 2 rings (SSSR count). The first-order valence-corrected chi connectivity index (χ1v) is 9.22. The maximum atomic E-state index is 12.4. The van der Waals surface area contributed by atoms with E-state index in [-0.39, 0.29) is 16.4 Å². The first-order chi connectivity index (χ1) is 9.83. The fourth-order valence-corrected chi connectivity index (χ4v) is 4.93. The van der Waals surface area contributed by atoms with Crippen molar-refractivity contribution in [2.75, 3.05) is 10.5 Å². The molecule has 0 unspecified atom stereocenters. The van der Waals surface area contributed by atoms with E-state index >= 15 is 0 Å². The topological polar surface area (TPSA) is 101 Å². The molecule has 1 heterocycles. The molecule has 0 aliphatic heterocycles. The lowest BCUT2D eigenvalue weighted by Crippen LogP contribution is -2.15. The number of nitrogen functional groups attached to an aromatic ring is 1. The summed E-state index contributed by atoms with van der Waals surface area (Å²) in [4.78, 5) is -0.00857. The van der Waals surface area contributed by atoms with E-state index in [1.807, 2.05) is 6.92 Å². The summed E-state index contributed by atoms with van der Waals surface area (Å²) in [5.74, 6) is 0.243. The summed E-state index contributed by atoms with van der Waals surface area (Å²) in [7, 11) is -3.82. The van der Waals surface area contributed by atoms with Crippen LogP contribution in [0.1, 0.15) is 19.0 Å². The van der Waals surface area contributed by atoms with Gasteiger partial charge in [-0.25, -0.2) is 8.42 Å². The standard InChI is InChI=1S/C12H14Br2N4O2S/c1-2-3-8-6-11(17-16-8)18-21(19,20)12-9(14)4-7(13)5-10(12)15/h4-6H,2-3,15H2,1H3,(H2,16,17,18). The largest absolute Gasteiger partial charge is 0.398 e. The number of nitrogens with two attached hydrogens (primary N) is 1. The average Bonchev–Trinajstić information content (AvgIpc) is 2.74. The second-order valence-corrected chi connectivity index (χ2v) is 7.83. The molecule has 0 saturated heterocycles. The van der Waals surface area contributed by atoms with Crippen LogP contribution in [0.25, 0.3) is 0 Å². The molecule has 0 radical (unpaired) electrons. The highest BCUT2D eigenvalue weighted by molar-refractivity contribution is 9.11. The quantitative estimate of drug-likeness (QED) is 0.624. The Balaban J connectivity index is 2.34. The second kappa shape index (κ2) is 6.37. The van der Waals surface area contributed by atoms with Gasteiger partial charge < -0.3 is 5.73 Å². The molecule has 4 N–H and O–H groups in total. The average molecular weight is 438 g/mol. The van der Waals surface area contributed by atoms with Crippen LogP contribution in [-0.2, 0) is 16.4 Å². The molecule has 6 nitrogen and oxygen atoms in total. The lowest BCUT2D eigenvalue weighted by Gasteiger charge is -2.10. The highest BCUT2D eigenvalue weighted by Crippen LogP contribution is 2.32. The molecule has 1 aromatic heterocycles. The van der Waals surface area contributed by atoms with E-state index in [1.165, 1.54) is 6.07 Å². The molecule has 0 aliphatic carbocycles. The van der Waals surface area contributed by atoms with Crippen LogP contribution >= 0.6 is 31.9 Å². The minimum atomic E-state index is -3.82. The number of sulfonamides is 1. The summed E-state index contributed by atoms with van der Waals surface area (Å²) >= 11 is 6.48. The van der Waals surface area contributed by atoms with Crippen LogP contribution in [0.5, 0.6) is 0 Å². The molecule has 0 bridgehead atoms. The van der Waals surface area contributed by atoms with Gasteiger partial charge in [-0.3, -0.25) is 9.82 Å². The van der Waals surface area contributed by atoms with Crippen molar-refractivity contribution in [3.05, 3.63) is 32.8 Å². The van der Waals surface area contributed by atoms with Crippen LogP contribution in [0.4, 0.5) is 11.5 Å². The van der Waals surface area contributed by atoms with E-state index in [0.29, 0.717) is 8.95 Å². The molecule has 0 fully saturated rings. The molecule has 21 heavy (non-hydrogen) atoms. The van der Waals surface area contributed by atoms with Gasteiger partial charge in [0.1, 0.15) is 4.90 Å². The minimum Gasteiger partial charge on any atom is -0.398 e. The molecular formula is C12H14Br2N4O2S. The maximum absolute atomic E-state index is 12.4. The molecule has 0 spiro atoms. The molecule has 114 valence electrons. The van der Waals surface area contributed by atoms with Gasteiger partial charge in [-0.05, 0) is 34.5 Å². The Bertz CT molecular complexity index is 735. The monoisotopic (exact) mass is 436 g/mol. The summed E-state index contributed by atoms with van der Waals surface area (Å²) in [6, 6.07) is 4.83.